The van der Waals surface area contributed by atoms with Crippen molar-refractivity contribution in [3.05, 3.63) is 50.1 Å². The number of ether oxygens (including phenoxy) is 2. The first kappa shape index (κ1) is 26.3. The van der Waals surface area contributed by atoms with Gasteiger partial charge in [0.2, 0.25) is 5.91 Å². The Morgan fingerprint density at radius 3 is 2.68 bits per heavy atom. The van der Waals surface area contributed by atoms with Crippen LogP contribution < -0.4 is 10.1 Å². The summed E-state index contributed by atoms with van der Waals surface area (Å²) in [7, 11) is 1.32. The van der Waals surface area contributed by atoms with E-state index in [1.54, 1.807) is 18.2 Å². The molecule has 1 N–H and O–H groups in total. The van der Waals surface area contributed by atoms with Crippen LogP contribution in [0.1, 0.15) is 46.6 Å². The van der Waals surface area contributed by atoms with E-state index >= 15 is 0 Å². The monoisotopic (exact) mass is 542 g/mol. The molecular weight excluding hydrogens is 519 g/mol. The molecule has 2 heterocycles. The van der Waals surface area contributed by atoms with E-state index in [-0.39, 0.29) is 11.7 Å². The van der Waals surface area contributed by atoms with E-state index in [0.29, 0.717) is 43.9 Å². The largest absolute Gasteiger partial charge is 0.481 e. The summed E-state index contributed by atoms with van der Waals surface area (Å²) < 4.78 is 12.7. The molecule has 0 saturated carbocycles. The molecule has 182 valence electrons. The lowest BCUT2D eigenvalue weighted by molar-refractivity contribution is -0.113. The number of nitrogens with one attached hydrogen (secondary N) is 1. The zero-order valence-electron chi connectivity index (χ0n) is 19.3. The van der Waals surface area contributed by atoms with Gasteiger partial charge in [0.05, 0.1) is 23.4 Å². The number of carbonyl (C=O) groups is 2. The molecule has 0 spiro atoms. The Labute approximate surface area is 215 Å². The summed E-state index contributed by atoms with van der Waals surface area (Å²) in [6, 6.07) is 4.99. The van der Waals surface area contributed by atoms with Crippen LogP contribution in [0.3, 0.4) is 0 Å². The van der Waals surface area contributed by atoms with Gasteiger partial charge in [-0.05, 0) is 45.4 Å². The number of aromatic nitrogens is 3. The predicted molar refractivity (Wildman–Crippen MR) is 136 cm³/mol. The van der Waals surface area contributed by atoms with Crippen LogP contribution in [-0.4, -0.2) is 39.5 Å². The summed E-state index contributed by atoms with van der Waals surface area (Å²) in [5.41, 5.74) is 1.18. The number of rotatable bonds is 9. The average Bonchev–Trinajstić information content (AvgIpc) is 3.34. The van der Waals surface area contributed by atoms with Crippen molar-refractivity contribution < 1.29 is 19.1 Å². The van der Waals surface area contributed by atoms with Crippen molar-refractivity contribution in [2.75, 3.05) is 18.2 Å². The topological polar surface area (TPSA) is 95.3 Å². The summed E-state index contributed by atoms with van der Waals surface area (Å²) >= 11 is 14.8. The van der Waals surface area contributed by atoms with Gasteiger partial charge in [-0.2, -0.15) is 0 Å². The van der Waals surface area contributed by atoms with Crippen molar-refractivity contribution in [1.82, 2.24) is 14.8 Å². The van der Waals surface area contributed by atoms with Gasteiger partial charge in [0, 0.05) is 22.5 Å². The Bertz CT molecular complexity index is 1210. The molecule has 1 aromatic carbocycles. The lowest BCUT2D eigenvalue weighted by Gasteiger charge is -2.16. The third-order valence-electron chi connectivity index (χ3n) is 4.98. The number of amides is 1. The maximum absolute atomic E-state index is 12.6. The zero-order valence-corrected chi connectivity index (χ0v) is 22.4. The third-order valence-corrected chi connectivity index (χ3v) is 7.62. The van der Waals surface area contributed by atoms with Gasteiger partial charge in [0.1, 0.15) is 10.8 Å². The predicted octanol–water partition coefficient (Wildman–Crippen LogP) is 5.94. The highest BCUT2D eigenvalue weighted by Gasteiger charge is 2.23. The minimum absolute atomic E-state index is 0.0874. The molecule has 0 aliphatic rings. The standard InChI is InChI=1S/C22H24Cl2N4O4S2/c1-6-28-19(12(3)32-16-9-14(23)7-8-15(16)24)26-27-22(28)33-10-17(29)25-20-18(21(30)31-5)11(2)13(4)34-20/h7-9,12H,6,10H2,1-5H3,(H,25,29). The van der Waals surface area contributed by atoms with Crippen molar-refractivity contribution >= 4 is 63.2 Å². The highest BCUT2D eigenvalue weighted by molar-refractivity contribution is 7.99. The Morgan fingerprint density at radius 2 is 2.00 bits per heavy atom. The second-order valence-corrected chi connectivity index (χ2v) is 10.2. The number of benzene rings is 1. The van der Waals surface area contributed by atoms with E-state index < -0.39 is 12.1 Å². The zero-order chi connectivity index (χ0) is 25.0. The van der Waals surface area contributed by atoms with Crippen LogP contribution in [0.15, 0.2) is 23.4 Å². The number of thiophene rings is 1. The Hall–Kier alpha value is -2.27. The number of thioether (sulfide) groups is 1. The molecule has 3 rings (SSSR count). The minimum atomic E-state index is -0.478. The van der Waals surface area contributed by atoms with Crippen LogP contribution in [0.25, 0.3) is 0 Å². The quantitative estimate of drug-likeness (QED) is 0.264. The number of halogens is 2. The van der Waals surface area contributed by atoms with E-state index in [4.69, 9.17) is 32.7 Å². The van der Waals surface area contributed by atoms with E-state index in [2.05, 4.69) is 15.5 Å². The van der Waals surface area contributed by atoms with Crippen molar-refractivity contribution in [1.29, 1.82) is 0 Å². The van der Waals surface area contributed by atoms with Gasteiger partial charge in [0.25, 0.3) is 0 Å². The van der Waals surface area contributed by atoms with Crippen LogP contribution >= 0.6 is 46.3 Å². The second-order valence-electron chi connectivity index (χ2n) is 7.24. The molecule has 0 aliphatic heterocycles. The molecule has 1 unspecified atom stereocenters. The van der Waals surface area contributed by atoms with Crippen molar-refractivity contribution in [3.63, 3.8) is 0 Å². The van der Waals surface area contributed by atoms with Gasteiger partial charge in [-0.3, -0.25) is 4.79 Å². The normalized spacial score (nSPS) is 11.9. The molecule has 0 saturated heterocycles. The smallest absolute Gasteiger partial charge is 0.341 e. The number of aryl methyl sites for hydroxylation is 1. The molecule has 3 aromatic rings. The average molecular weight is 543 g/mol. The second kappa shape index (κ2) is 11.4. The number of carbonyl (C=O) groups excluding carboxylic acids is 2. The fraction of sp³-hybridized carbons (Fsp3) is 0.364. The van der Waals surface area contributed by atoms with E-state index in [9.17, 15) is 9.59 Å². The van der Waals surface area contributed by atoms with E-state index in [0.717, 1.165) is 10.4 Å². The summed E-state index contributed by atoms with van der Waals surface area (Å²) in [5.74, 6) is 0.389. The van der Waals surface area contributed by atoms with E-state index in [1.165, 1.54) is 30.2 Å². The van der Waals surface area contributed by atoms with Crippen molar-refractivity contribution in [2.24, 2.45) is 0 Å². The van der Waals surface area contributed by atoms with Gasteiger partial charge >= 0.3 is 5.97 Å². The molecule has 0 bridgehead atoms. The molecule has 12 heteroatoms. The maximum Gasteiger partial charge on any atom is 0.341 e. The van der Waals surface area contributed by atoms with Crippen LogP contribution in [0.4, 0.5) is 5.00 Å². The minimum Gasteiger partial charge on any atom is -0.481 e. The molecule has 0 aliphatic carbocycles. The number of hydrogen-bond acceptors (Lipinski definition) is 8. The van der Waals surface area contributed by atoms with Gasteiger partial charge in [-0.1, -0.05) is 35.0 Å². The third kappa shape index (κ3) is 5.86. The summed E-state index contributed by atoms with van der Waals surface area (Å²) in [6.45, 7) is 8.09. The Kier molecular flexibility index (Phi) is 8.86. The molecule has 0 radical (unpaired) electrons. The number of nitrogens with zero attached hydrogens (tertiary/aromatic N) is 3. The van der Waals surface area contributed by atoms with Crippen LogP contribution in [-0.2, 0) is 16.1 Å². The molecule has 2 aromatic heterocycles. The van der Waals surface area contributed by atoms with Gasteiger partial charge < -0.3 is 19.4 Å². The first-order valence-corrected chi connectivity index (χ1v) is 12.9. The molecular formula is C22H24Cl2N4O4S2. The Balaban J connectivity index is 1.69. The van der Waals surface area contributed by atoms with Crippen LogP contribution in [0.2, 0.25) is 10.0 Å². The van der Waals surface area contributed by atoms with E-state index in [1.807, 2.05) is 32.3 Å². The first-order chi connectivity index (χ1) is 16.2. The fourth-order valence-electron chi connectivity index (χ4n) is 3.17. The highest BCUT2D eigenvalue weighted by Crippen LogP contribution is 2.34. The van der Waals surface area contributed by atoms with Gasteiger partial charge in [-0.15, -0.1) is 21.5 Å². The van der Waals surface area contributed by atoms with Crippen LogP contribution in [0, 0.1) is 13.8 Å². The molecule has 0 fully saturated rings. The lowest BCUT2D eigenvalue weighted by Crippen LogP contribution is -2.17. The first-order valence-electron chi connectivity index (χ1n) is 10.3. The molecule has 1 atom stereocenters. The van der Waals surface area contributed by atoms with Crippen molar-refractivity contribution in [3.8, 4) is 5.75 Å². The fourth-order valence-corrected chi connectivity index (χ4v) is 5.37. The lowest BCUT2D eigenvalue weighted by atomic mass is 10.1. The molecule has 8 nitrogen and oxygen atoms in total. The van der Waals surface area contributed by atoms with Crippen LogP contribution in [0.5, 0.6) is 5.75 Å². The number of hydrogen-bond donors (Lipinski definition) is 1. The highest BCUT2D eigenvalue weighted by atomic mass is 35.5. The number of esters is 1. The molecule has 1 amide bonds. The maximum atomic E-state index is 12.6. The number of methoxy groups -OCH3 is 1. The SMILES string of the molecule is CCn1c(SCC(=O)Nc2sc(C)c(C)c2C(=O)OC)nnc1C(C)Oc1cc(Cl)ccc1Cl. The van der Waals surface area contributed by atoms with Gasteiger partial charge in [0.15, 0.2) is 17.1 Å². The van der Waals surface area contributed by atoms with Crippen molar-refractivity contribution in [2.45, 2.75) is 45.5 Å². The summed E-state index contributed by atoms with van der Waals surface area (Å²) in [4.78, 5) is 25.7. The number of anilines is 1. The molecule has 34 heavy (non-hydrogen) atoms. The summed E-state index contributed by atoms with van der Waals surface area (Å²) in [5, 5.41) is 13.3. The van der Waals surface area contributed by atoms with Gasteiger partial charge in [-0.25, -0.2) is 4.79 Å². The summed E-state index contributed by atoms with van der Waals surface area (Å²) in [6.07, 6.45) is -0.453. The Morgan fingerprint density at radius 1 is 1.26 bits per heavy atom.